The van der Waals surface area contributed by atoms with Crippen molar-refractivity contribution in [3.8, 4) is 11.3 Å². The third-order valence-electron chi connectivity index (χ3n) is 7.25. The van der Waals surface area contributed by atoms with E-state index < -0.39 is 0 Å². The van der Waals surface area contributed by atoms with Gasteiger partial charge in [-0.3, -0.25) is 0 Å². The van der Waals surface area contributed by atoms with Crippen molar-refractivity contribution in [3.63, 3.8) is 0 Å². The molecule has 0 saturated heterocycles. The van der Waals surface area contributed by atoms with Crippen molar-refractivity contribution in [3.05, 3.63) is 83.9 Å². The zero-order valence-corrected chi connectivity index (χ0v) is 21.6. The quantitative estimate of drug-likeness (QED) is 0.307. The number of pyridine rings is 1. The van der Waals surface area contributed by atoms with Gasteiger partial charge in [0.1, 0.15) is 5.69 Å². The van der Waals surface area contributed by atoms with Crippen LogP contribution in [0.25, 0.3) is 22.0 Å². The Bertz CT molecular complexity index is 1380. The Morgan fingerprint density at radius 2 is 1.56 bits per heavy atom. The van der Waals surface area contributed by atoms with Crippen molar-refractivity contribution in [2.45, 2.75) is 47.2 Å². The van der Waals surface area contributed by atoms with E-state index in [1.165, 1.54) is 50.3 Å². The van der Waals surface area contributed by atoms with Crippen LogP contribution in [0.2, 0.25) is 0 Å². The molecule has 0 fully saturated rings. The molecule has 3 nitrogen and oxygen atoms in total. The van der Waals surface area contributed by atoms with Gasteiger partial charge in [-0.2, -0.15) is 0 Å². The molecule has 3 aromatic carbocycles. The highest BCUT2D eigenvalue weighted by Crippen LogP contribution is 2.43. The van der Waals surface area contributed by atoms with E-state index in [4.69, 9.17) is 0 Å². The zero-order chi connectivity index (χ0) is 24.2. The van der Waals surface area contributed by atoms with Gasteiger partial charge in [-0.15, -0.1) is 0 Å². The van der Waals surface area contributed by atoms with Crippen LogP contribution in [0.5, 0.6) is 0 Å². The monoisotopic (exact) mass is 450 g/mol. The third kappa shape index (κ3) is 3.73. The van der Waals surface area contributed by atoms with Gasteiger partial charge in [0.05, 0.1) is 12.7 Å². The summed E-state index contributed by atoms with van der Waals surface area (Å²) in [7, 11) is 4.41. The van der Waals surface area contributed by atoms with Crippen molar-refractivity contribution in [2.24, 2.45) is 12.5 Å². The SMILES string of the molecule is Cc1c(-c2cc(CC(C)(C)C)cc(N3c4ccccc4N(C)[C@H]3C)[n+]2C)ccc2ccccc12. The van der Waals surface area contributed by atoms with Crippen molar-refractivity contribution >= 4 is 28.0 Å². The van der Waals surface area contributed by atoms with Gasteiger partial charge in [-0.1, -0.05) is 63.2 Å². The van der Waals surface area contributed by atoms with Crippen LogP contribution in [-0.2, 0) is 13.5 Å². The van der Waals surface area contributed by atoms with Crippen LogP contribution in [-0.4, -0.2) is 13.2 Å². The second-order valence-electron chi connectivity index (χ2n) is 11.0. The van der Waals surface area contributed by atoms with Crippen LogP contribution in [0.15, 0.2) is 72.8 Å². The number of rotatable bonds is 3. The van der Waals surface area contributed by atoms with Crippen molar-refractivity contribution in [2.75, 3.05) is 16.8 Å². The Hall–Kier alpha value is -3.33. The fourth-order valence-electron chi connectivity index (χ4n) is 5.47. The van der Waals surface area contributed by atoms with Gasteiger partial charge >= 0.3 is 0 Å². The molecule has 0 amide bonds. The molecule has 5 rings (SSSR count). The lowest BCUT2D eigenvalue weighted by Gasteiger charge is -2.25. The zero-order valence-electron chi connectivity index (χ0n) is 21.6. The summed E-state index contributed by atoms with van der Waals surface area (Å²) in [5.41, 5.74) is 8.02. The topological polar surface area (TPSA) is 10.4 Å². The second-order valence-corrected chi connectivity index (χ2v) is 11.0. The summed E-state index contributed by atoms with van der Waals surface area (Å²) in [5.74, 6) is 1.23. The molecule has 1 aliphatic rings. The fraction of sp³-hybridized carbons (Fsp3) is 0.323. The molecule has 174 valence electrons. The fourth-order valence-corrected chi connectivity index (χ4v) is 5.47. The molecular formula is C31H36N3+. The van der Waals surface area contributed by atoms with Crippen LogP contribution in [0, 0.1) is 12.3 Å². The molecule has 0 radical (unpaired) electrons. The van der Waals surface area contributed by atoms with Gasteiger partial charge in [-0.25, -0.2) is 9.47 Å². The van der Waals surface area contributed by atoms with Crippen LogP contribution >= 0.6 is 0 Å². The van der Waals surface area contributed by atoms with Gasteiger partial charge in [0, 0.05) is 18.7 Å². The van der Waals surface area contributed by atoms with E-state index in [2.05, 4.69) is 136 Å². The summed E-state index contributed by atoms with van der Waals surface area (Å²) in [4.78, 5) is 4.86. The summed E-state index contributed by atoms with van der Waals surface area (Å²) in [6, 6.07) is 26.8. The molecule has 4 aromatic rings. The van der Waals surface area contributed by atoms with E-state index in [0.29, 0.717) is 0 Å². The van der Waals surface area contributed by atoms with E-state index in [0.717, 1.165) is 6.42 Å². The molecule has 0 aliphatic carbocycles. The maximum atomic E-state index is 2.49. The van der Waals surface area contributed by atoms with Crippen LogP contribution < -0.4 is 14.4 Å². The lowest BCUT2D eigenvalue weighted by molar-refractivity contribution is -0.647. The largest absolute Gasteiger partial charge is 0.333 e. The van der Waals surface area contributed by atoms with Crippen LogP contribution in [0.4, 0.5) is 17.2 Å². The number of fused-ring (bicyclic) bond motifs is 2. The minimum atomic E-state index is 0.207. The highest BCUT2D eigenvalue weighted by Gasteiger charge is 2.39. The van der Waals surface area contributed by atoms with E-state index in [-0.39, 0.29) is 11.6 Å². The lowest BCUT2D eigenvalue weighted by Crippen LogP contribution is -2.44. The number of hydrogen-bond donors (Lipinski definition) is 0. The van der Waals surface area contributed by atoms with E-state index in [1.54, 1.807) is 0 Å². The third-order valence-corrected chi connectivity index (χ3v) is 7.25. The summed E-state index contributed by atoms with van der Waals surface area (Å²) in [6.45, 7) is 11.5. The molecule has 1 aliphatic heterocycles. The first-order valence-electron chi connectivity index (χ1n) is 12.3. The molecule has 34 heavy (non-hydrogen) atoms. The molecular weight excluding hydrogens is 414 g/mol. The molecule has 0 spiro atoms. The van der Waals surface area contributed by atoms with E-state index >= 15 is 0 Å². The minimum absolute atomic E-state index is 0.207. The summed E-state index contributed by atoms with van der Waals surface area (Å²) in [5, 5.41) is 2.61. The Labute approximate surface area is 204 Å². The number of aromatic nitrogens is 1. The van der Waals surface area contributed by atoms with Crippen molar-refractivity contribution in [1.29, 1.82) is 0 Å². The van der Waals surface area contributed by atoms with Gasteiger partial charge in [0.2, 0.25) is 0 Å². The predicted octanol–water partition coefficient (Wildman–Crippen LogP) is 7.16. The van der Waals surface area contributed by atoms with E-state index in [9.17, 15) is 0 Å². The second kappa shape index (κ2) is 8.16. The number of aryl methyl sites for hydroxylation is 1. The molecule has 2 heterocycles. The maximum Gasteiger partial charge on any atom is 0.284 e. The number of nitrogens with zero attached hydrogens (tertiary/aromatic N) is 3. The first kappa shape index (κ1) is 22.5. The Morgan fingerprint density at radius 1 is 0.882 bits per heavy atom. The van der Waals surface area contributed by atoms with E-state index in [1.807, 2.05) is 0 Å². The first-order valence-corrected chi connectivity index (χ1v) is 12.3. The van der Waals surface area contributed by atoms with Crippen LogP contribution in [0.3, 0.4) is 0 Å². The predicted molar refractivity (Wildman–Crippen MR) is 145 cm³/mol. The standard InChI is InChI=1S/C31H36N3/c1-21-25-13-9-8-12-24(25)16-17-26(21)29-18-23(20-31(3,4)5)19-30(33(29)7)34-22(2)32(6)27-14-10-11-15-28(27)34/h8-19,22H,20H2,1-7H3/q+1/t22-/m1/s1. The number of hydrogen-bond acceptors (Lipinski definition) is 2. The molecule has 1 aromatic heterocycles. The van der Waals surface area contributed by atoms with Gasteiger partial charge in [-0.05, 0) is 71.8 Å². The Morgan fingerprint density at radius 3 is 2.29 bits per heavy atom. The molecule has 0 N–H and O–H groups in total. The van der Waals surface area contributed by atoms with Crippen LogP contribution in [0.1, 0.15) is 38.8 Å². The van der Waals surface area contributed by atoms with Gasteiger partial charge < -0.3 is 4.90 Å². The molecule has 0 saturated carbocycles. The average Bonchev–Trinajstić information content (AvgIpc) is 3.05. The Balaban J connectivity index is 1.76. The molecule has 0 unspecified atom stereocenters. The van der Waals surface area contributed by atoms with Gasteiger partial charge in [0.15, 0.2) is 11.9 Å². The highest BCUT2D eigenvalue weighted by molar-refractivity contribution is 5.91. The average molecular weight is 451 g/mol. The van der Waals surface area contributed by atoms with Crippen molar-refractivity contribution in [1.82, 2.24) is 0 Å². The first-order chi connectivity index (χ1) is 16.2. The summed E-state index contributed by atoms with van der Waals surface area (Å²) < 4.78 is 2.38. The van der Waals surface area contributed by atoms with Crippen molar-refractivity contribution < 1.29 is 4.57 Å². The highest BCUT2D eigenvalue weighted by atomic mass is 15.4. The number of benzene rings is 3. The lowest BCUT2D eigenvalue weighted by atomic mass is 9.87. The molecule has 1 atom stereocenters. The number of anilines is 3. The van der Waals surface area contributed by atoms with Gasteiger partial charge in [0.25, 0.3) is 5.82 Å². The summed E-state index contributed by atoms with van der Waals surface area (Å²) in [6.07, 6.45) is 1.26. The summed E-state index contributed by atoms with van der Waals surface area (Å²) >= 11 is 0. The normalized spacial score (nSPS) is 15.8. The Kier molecular flexibility index (Phi) is 5.39. The molecule has 3 heteroatoms. The smallest absolute Gasteiger partial charge is 0.284 e. The molecule has 0 bridgehead atoms. The maximum absolute atomic E-state index is 2.49. The number of para-hydroxylation sites is 2. The minimum Gasteiger partial charge on any atom is -0.333 e.